The SMILES string of the molecule is Cc1cc(CN(C)C)cc(C)c1NC=O.Cc1nccc(-c2cc(Cl)ccc2Cl)n1. The second-order valence-electron chi connectivity index (χ2n) is 7.22. The van der Waals surface area contributed by atoms with Crippen molar-refractivity contribution in [1.82, 2.24) is 14.9 Å². The molecule has 0 bridgehead atoms. The molecule has 0 radical (unpaired) electrons. The highest BCUT2D eigenvalue weighted by molar-refractivity contribution is 6.35. The molecule has 0 saturated heterocycles. The number of halogens is 2. The molecule has 1 N–H and O–H groups in total. The predicted octanol–water partition coefficient (Wildman–Crippen LogP) is 5.69. The summed E-state index contributed by atoms with van der Waals surface area (Å²) >= 11 is 12.0. The van der Waals surface area contributed by atoms with Crippen molar-refractivity contribution in [2.45, 2.75) is 27.3 Å². The number of hydrogen-bond acceptors (Lipinski definition) is 4. The fourth-order valence-electron chi connectivity index (χ4n) is 3.10. The van der Waals surface area contributed by atoms with E-state index in [0.717, 1.165) is 41.0 Å². The van der Waals surface area contributed by atoms with Gasteiger partial charge in [-0.25, -0.2) is 9.97 Å². The van der Waals surface area contributed by atoms with Crippen LogP contribution in [-0.2, 0) is 11.3 Å². The van der Waals surface area contributed by atoms with Gasteiger partial charge in [-0.15, -0.1) is 0 Å². The van der Waals surface area contributed by atoms with Crippen molar-refractivity contribution in [2.24, 2.45) is 0 Å². The summed E-state index contributed by atoms with van der Waals surface area (Å²) in [5.74, 6) is 0.712. The fraction of sp³-hybridized carbons (Fsp3) is 0.261. The number of amides is 1. The van der Waals surface area contributed by atoms with Gasteiger partial charge in [0.05, 0.1) is 10.7 Å². The number of carbonyl (C=O) groups is 1. The van der Waals surface area contributed by atoms with Gasteiger partial charge in [-0.3, -0.25) is 4.79 Å². The molecule has 3 aromatic rings. The summed E-state index contributed by atoms with van der Waals surface area (Å²) in [6, 6.07) is 11.3. The Morgan fingerprint density at radius 3 is 2.27 bits per heavy atom. The van der Waals surface area contributed by atoms with Gasteiger partial charge in [-0.1, -0.05) is 35.3 Å². The lowest BCUT2D eigenvalue weighted by Gasteiger charge is -2.14. The van der Waals surface area contributed by atoms with E-state index in [1.807, 2.05) is 40.9 Å². The van der Waals surface area contributed by atoms with Crippen LogP contribution in [0.1, 0.15) is 22.5 Å². The summed E-state index contributed by atoms with van der Waals surface area (Å²) in [4.78, 5) is 20.9. The van der Waals surface area contributed by atoms with E-state index in [0.29, 0.717) is 15.9 Å². The maximum atomic E-state index is 10.4. The number of hydrogen-bond donors (Lipinski definition) is 1. The van der Waals surface area contributed by atoms with E-state index >= 15 is 0 Å². The molecule has 0 aliphatic heterocycles. The van der Waals surface area contributed by atoms with Crippen LogP contribution in [0.4, 0.5) is 5.69 Å². The topological polar surface area (TPSA) is 58.1 Å². The number of rotatable bonds is 5. The maximum Gasteiger partial charge on any atom is 0.211 e. The summed E-state index contributed by atoms with van der Waals surface area (Å²) in [7, 11) is 4.09. The standard InChI is InChI=1S/C12H18N2O.C11H8Cl2N2/c1-9-5-11(7-14(3)4)6-10(2)12(9)13-8-15;1-7-14-5-4-11(15-7)9-6-8(12)2-3-10(9)13/h5-6,8H,7H2,1-4H3,(H,13,15);2-6H,1H3. The van der Waals surface area contributed by atoms with Crippen molar-refractivity contribution in [3.63, 3.8) is 0 Å². The molecule has 0 aliphatic carbocycles. The van der Waals surface area contributed by atoms with Crippen molar-refractivity contribution >= 4 is 35.3 Å². The van der Waals surface area contributed by atoms with Gasteiger partial charge in [0.15, 0.2) is 0 Å². The zero-order valence-electron chi connectivity index (χ0n) is 17.8. The minimum absolute atomic E-state index is 0.637. The highest BCUT2D eigenvalue weighted by Gasteiger charge is 2.06. The Bertz CT molecular complexity index is 999. The van der Waals surface area contributed by atoms with E-state index in [4.69, 9.17) is 23.2 Å². The second-order valence-corrected chi connectivity index (χ2v) is 8.06. The van der Waals surface area contributed by atoms with Crippen LogP contribution in [0.5, 0.6) is 0 Å². The molecule has 158 valence electrons. The molecule has 0 fully saturated rings. The van der Waals surface area contributed by atoms with E-state index in [1.165, 1.54) is 5.56 Å². The lowest BCUT2D eigenvalue weighted by molar-refractivity contribution is -0.105. The largest absolute Gasteiger partial charge is 0.328 e. The first kappa shape index (κ1) is 23.8. The number of aryl methyl sites for hydroxylation is 3. The number of benzene rings is 2. The van der Waals surface area contributed by atoms with Crippen LogP contribution >= 0.6 is 23.2 Å². The summed E-state index contributed by atoms with van der Waals surface area (Å²) in [6.45, 7) is 6.78. The van der Waals surface area contributed by atoms with Gasteiger partial charge in [0.2, 0.25) is 6.41 Å². The summed E-state index contributed by atoms with van der Waals surface area (Å²) in [5.41, 5.74) is 6.03. The van der Waals surface area contributed by atoms with Crippen molar-refractivity contribution in [3.8, 4) is 11.3 Å². The normalized spacial score (nSPS) is 10.4. The first-order valence-electron chi connectivity index (χ1n) is 9.41. The van der Waals surface area contributed by atoms with E-state index in [-0.39, 0.29) is 0 Å². The number of nitrogens with zero attached hydrogens (tertiary/aromatic N) is 3. The zero-order valence-corrected chi connectivity index (χ0v) is 19.3. The molecule has 30 heavy (non-hydrogen) atoms. The number of anilines is 1. The highest BCUT2D eigenvalue weighted by atomic mass is 35.5. The van der Waals surface area contributed by atoms with Crippen molar-refractivity contribution < 1.29 is 4.79 Å². The van der Waals surface area contributed by atoms with Gasteiger partial charge in [-0.05, 0) is 75.8 Å². The van der Waals surface area contributed by atoms with Crippen LogP contribution < -0.4 is 5.32 Å². The Morgan fingerprint density at radius 2 is 1.70 bits per heavy atom. The first-order chi connectivity index (χ1) is 14.2. The monoisotopic (exact) mass is 444 g/mol. The van der Waals surface area contributed by atoms with Crippen LogP contribution in [0.25, 0.3) is 11.3 Å². The van der Waals surface area contributed by atoms with Crippen LogP contribution in [0.15, 0.2) is 42.6 Å². The van der Waals surface area contributed by atoms with Crippen LogP contribution in [-0.4, -0.2) is 35.4 Å². The molecular weight excluding hydrogens is 419 g/mol. The Labute approximate surface area is 188 Å². The molecule has 0 spiro atoms. The maximum absolute atomic E-state index is 10.4. The molecule has 7 heteroatoms. The Balaban J connectivity index is 0.000000214. The predicted molar refractivity (Wildman–Crippen MR) is 125 cm³/mol. The van der Waals surface area contributed by atoms with E-state index in [1.54, 1.807) is 24.4 Å². The van der Waals surface area contributed by atoms with Crippen LogP contribution in [0.2, 0.25) is 10.0 Å². The molecule has 5 nitrogen and oxygen atoms in total. The van der Waals surface area contributed by atoms with Gasteiger partial charge in [0.1, 0.15) is 5.82 Å². The minimum atomic E-state index is 0.637. The van der Waals surface area contributed by atoms with Gasteiger partial charge >= 0.3 is 0 Å². The molecule has 2 aromatic carbocycles. The third-order valence-electron chi connectivity index (χ3n) is 4.27. The zero-order chi connectivity index (χ0) is 22.3. The number of carbonyl (C=O) groups excluding carboxylic acids is 1. The first-order valence-corrected chi connectivity index (χ1v) is 10.2. The summed E-state index contributed by atoms with van der Waals surface area (Å²) < 4.78 is 0. The molecule has 3 rings (SSSR count). The van der Waals surface area contributed by atoms with Crippen molar-refractivity contribution in [3.05, 3.63) is 75.2 Å². The molecule has 1 amide bonds. The molecule has 0 saturated carbocycles. The van der Waals surface area contributed by atoms with Gasteiger partial charge in [-0.2, -0.15) is 0 Å². The van der Waals surface area contributed by atoms with Crippen molar-refractivity contribution in [2.75, 3.05) is 19.4 Å². The molecule has 0 unspecified atom stereocenters. The highest BCUT2D eigenvalue weighted by Crippen LogP contribution is 2.29. The van der Waals surface area contributed by atoms with Crippen LogP contribution in [0, 0.1) is 20.8 Å². The van der Waals surface area contributed by atoms with E-state index in [9.17, 15) is 4.79 Å². The minimum Gasteiger partial charge on any atom is -0.328 e. The third-order valence-corrected chi connectivity index (χ3v) is 4.84. The lowest BCUT2D eigenvalue weighted by atomic mass is 10.0. The van der Waals surface area contributed by atoms with E-state index in [2.05, 4.69) is 32.3 Å². The Hall–Kier alpha value is -2.47. The van der Waals surface area contributed by atoms with E-state index < -0.39 is 0 Å². The quantitative estimate of drug-likeness (QED) is 0.513. The fourth-order valence-corrected chi connectivity index (χ4v) is 3.48. The van der Waals surface area contributed by atoms with Gasteiger partial charge in [0.25, 0.3) is 0 Å². The Morgan fingerprint density at radius 1 is 1.03 bits per heavy atom. The van der Waals surface area contributed by atoms with Crippen LogP contribution in [0.3, 0.4) is 0 Å². The number of nitrogens with one attached hydrogen (secondary N) is 1. The van der Waals surface area contributed by atoms with Gasteiger partial charge in [0, 0.05) is 29.0 Å². The molecule has 1 heterocycles. The average molecular weight is 445 g/mol. The lowest BCUT2D eigenvalue weighted by Crippen LogP contribution is -2.11. The van der Waals surface area contributed by atoms with Crippen molar-refractivity contribution in [1.29, 1.82) is 0 Å². The molecule has 0 atom stereocenters. The summed E-state index contributed by atoms with van der Waals surface area (Å²) in [5, 5.41) is 4.01. The average Bonchev–Trinajstić information content (AvgIpc) is 2.67. The Kier molecular flexibility index (Phi) is 8.78. The summed E-state index contributed by atoms with van der Waals surface area (Å²) in [6.07, 6.45) is 2.43. The molecular formula is C23H26Cl2N4O. The molecule has 1 aromatic heterocycles. The number of aromatic nitrogens is 2. The van der Waals surface area contributed by atoms with Gasteiger partial charge < -0.3 is 10.2 Å². The third kappa shape index (κ3) is 6.80. The smallest absolute Gasteiger partial charge is 0.211 e. The molecule has 0 aliphatic rings. The second kappa shape index (κ2) is 11.1.